The first-order valence-electron chi connectivity index (χ1n) is 3.62. The number of rotatable bonds is 4. The zero-order valence-corrected chi connectivity index (χ0v) is 6.84. The monoisotopic (exact) mass is 170 g/mol. The molecule has 5 nitrogen and oxygen atoms in total. The maximum atomic E-state index is 8.71. The van der Waals surface area contributed by atoms with Crippen LogP contribution in [0.25, 0.3) is 0 Å². The third-order valence-corrected chi connectivity index (χ3v) is 1.45. The van der Waals surface area contributed by atoms with Gasteiger partial charge in [-0.05, 0) is 6.07 Å². The molecule has 0 spiro atoms. The Kier molecular flexibility index (Phi) is 3.27. The largest absolute Gasteiger partial charge is 0.510 e. The van der Waals surface area contributed by atoms with Gasteiger partial charge in [-0.2, -0.15) is 5.10 Å². The van der Waals surface area contributed by atoms with Crippen molar-refractivity contribution in [2.24, 2.45) is 0 Å². The molecule has 12 heavy (non-hydrogen) atoms. The maximum Gasteiger partial charge on any atom is 0.510 e. The van der Waals surface area contributed by atoms with Crippen molar-refractivity contribution in [3.05, 3.63) is 12.3 Å². The molecule has 0 saturated heterocycles. The SMILES string of the molecule is COCCn1ccc(B(O)O)n1. The summed E-state index contributed by atoms with van der Waals surface area (Å²) in [7, 11) is 0.111. The molecule has 0 aliphatic rings. The number of ether oxygens (including phenoxy) is 1. The number of hydrogen-bond donors (Lipinski definition) is 2. The van der Waals surface area contributed by atoms with Crippen molar-refractivity contribution in [2.45, 2.75) is 6.54 Å². The summed E-state index contributed by atoms with van der Waals surface area (Å²) in [5.41, 5.74) is 0.256. The van der Waals surface area contributed by atoms with E-state index in [1.54, 1.807) is 24.1 Å². The molecule has 2 N–H and O–H groups in total. The van der Waals surface area contributed by atoms with Gasteiger partial charge in [-0.3, -0.25) is 4.68 Å². The molecule has 0 bridgehead atoms. The summed E-state index contributed by atoms with van der Waals surface area (Å²) in [5.74, 6) is 0. The number of methoxy groups -OCH3 is 1. The lowest BCUT2D eigenvalue weighted by molar-refractivity contribution is 0.183. The summed E-state index contributed by atoms with van der Waals surface area (Å²) in [4.78, 5) is 0. The van der Waals surface area contributed by atoms with Crippen LogP contribution in [0.3, 0.4) is 0 Å². The first kappa shape index (κ1) is 9.24. The van der Waals surface area contributed by atoms with Crippen LogP contribution in [0.1, 0.15) is 0 Å². The molecule has 0 unspecified atom stereocenters. The van der Waals surface area contributed by atoms with Crippen LogP contribution < -0.4 is 5.59 Å². The molecule has 0 atom stereocenters. The lowest BCUT2D eigenvalue weighted by Gasteiger charge is -1.98. The predicted octanol–water partition coefficient (Wildman–Crippen LogP) is -1.79. The number of aromatic nitrogens is 2. The van der Waals surface area contributed by atoms with E-state index < -0.39 is 7.12 Å². The van der Waals surface area contributed by atoms with Crippen LogP contribution >= 0.6 is 0 Å². The average Bonchev–Trinajstić information content (AvgIpc) is 2.48. The van der Waals surface area contributed by atoms with Crippen LogP contribution in [0.5, 0.6) is 0 Å². The van der Waals surface area contributed by atoms with Crippen molar-refractivity contribution in [3.8, 4) is 0 Å². The van der Waals surface area contributed by atoms with Crippen molar-refractivity contribution in [1.29, 1.82) is 0 Å². The highest BCUT2D eigenvalue weighted by Crippen LogP contribution is 1.84. The van der Waals surface area contributed by atoms with Gasteiger partial charge in [0, 0.05) is 13.3 Å². The van der Waals surface area contributed by atoms with Crippen molar-refractivity contribution < 1.29 is 14.8 Å². The molecule has 0 aliphatic heterocycles. The Balaban J connectivity index is 2.52. The predicted molar refractivity (Wildman–Crippen MR) is 43.9 cm³/mol. The third-order valence-electron chi connectivity index (χ3n) is 1.45. The van der Waals surface area contributed by atoms with E-state index in [4.69, 9.17) is 14.8 Å². The Labute approximate surface area is 70.7 Å². The van der Waals surface area contributed by atoms with E-state index in [2.05, 4.69) is 5.10 Å². The van der Waals surface area contributed by atoms with Crippen LogP contribution in [0.4, 0.5) is 0 Å². The minimum absolute atomic E-state index is 0.256. The molecule has 0 saturated carbocycles. The van der Waals surface area contributed by atoms with Crippen LogP contribution in [0.2, 0.25) is 0 Å². The fourth-order valence-corrected chi connectivity index (χ4v) is 0.824. The van der Waals surface area contributed by atoms with Crippen LogP contribution in [-0.4, -0.2) is 40.7 Å². The summed E-state index contributed by atoms with van der Waals surface area (Å²) in [5, 5.41) is 21.3. The Morgan fingerprint density at radius 1 is 1.67 bits per heavy atom. The smallest absolute Gasteiger partial charge is 0.422 e. The lowest BCUT2D eigenvalue weighted by atomic mass is 9.87. The fourth-order valence-electron chi connectivity index (χ4n) is 0.824. The summed E-state index contributed by atoms with van der Waals surface area (Å²) in [6.07, 6.45) is 1.67. The van der Waals surface area contributed by atoms with Gasteiger partial charge in [0.05, 0.1) is 18.7 Å². The molecule has 0 fully saturated rings. The molecule has 1 heterocycles. The molecule has 66 valence electrons. The lowest BCUT2D eigenvalue weighted by Crippen LogP contribution is -2.31. The van der Waals surface area contributed by atoms with Crippen LogP contribution in [-0.2, 0) is 11.3 Å². The first-order chi connectivity index (χ1) is 5.74. The van der Waals surface area contributed by atoms with Gasteiger partial charge in [0.25, 0.3) is 0 Å². The minimum Gasteiger partial charge on any atom is -0.422 e. The highest BCUT2D eigenvalue weighted by atomic mass is 16.5. The van der Waals surface area contributed by atoms with Gasteiger partial charge in [0.15, 0.2) is 0 Å². The van der Waals surface area contributed by atoms with Crippen molar-refractivity contribution in [3.63, 3.8) is 0 Å². The third kappa shape index (κ3) is 2.33. The van der Waals surface area contributed by atoms with Crippen LogP contribution in [0.15, 0.2) is 12.3 Å². The summed E-state index contributed by atoms with van der Waals surface area (Å²) >= 11 is 0. The van der Waals surface area contributed by atoms with Crippen molar-refractivity contribution in [1.82, 2.24) is 9.78 Å². The quantitative estimate of drug-likeness (QED) is 0.523. The van der Waals surface area contributed by atoms with Crippen LogP contribution in [0, 0.1) is 0 Å². The van der Waals surface area contributed by atoms with E-state index in [1.165, 1.54) is 0 Å². The maximum absolute atomic E-state index is 8.71. The highest BCUT2D eigenvalue weighted by Gasteiger charge is 2.13. The molecule has 0 aromatic carbocycles. The van der Waals surface area contributed by atoms with Gasteiger partial charge in [0.1, 0.15) is 0 Å². The highest BCUT2D eigenvalue weighted by molar-refractivity contribution is 6.57. The van der Waals surface area contributed by atoms with E-state index >= 15 is 0 Å². The summed E-state index contributed by atoms with van der Waals surface area (Å²) in [6.45, 7) is 1.17. The molecule has 0 aliphatic carbocycles. The second-order valence-electron chi connectivity index (χ2n) is 2.37. The Morgan fingerprint density at radius 2 is 2.42 bits per heavy atom. The Morgan fingerprint density at radius 3 is 2.92 bits per heavy atom. The summed E-state index contributed by atoms with van der Waals surface area (Å²) < 4.78 is 6.43. The van der Waals surface area contributed by atoms with Crippen molar-refractivity contribution >= 4 is 12.7 Å². The molecule has 0 amide bonds. The molecule has 0 radical (unpaired) electrons. The zero-order valence-electron chi connectivity index (χ0n) is 6.84. The van der Waals surface area contributed by atoms with Gasteiger partial charge in [-0.15, -0.1) is 0 Å². The zero-order chi connectivity index (χ0) is 8.97. The molecule has 1 rings (SSSR count). The molecular weight excluding hydrogens is 159 g/mol. The molecule has 1 aromatic heterocycles. The molecular formula is C6H11BN2O3. The number of hydrogen-bond acceptors (Lipinski definition) is 4. The fraction of sp³-hybridized carbons (Fsp3) is 0.500. The van der Waals surface area contributed by atoms with E-state index in [0.717, 1.165) is 0 Å². The molecule has 1 aromatic rings. The second-order valence-corrected chi connectivity index (χ2v) is 2.37. The number of nitrogens with zero attached hydrogens (tertiary/aromatic N) is 2. The van der Waals surface area contributed by atoms with Crippen molar-refractivity contribution in [2.75, 3.05) is 13.7 Å². The topological polar surface area (TPSA) is 67.5 Å². The normalized spacial score (nSPS) is 10.2. The minimum atomic E-state index is -1.49. The average molecular weight is 170 g/mol. The second kappa shape index (κ2) is 4.25. The standard InChI is InChI=1S/C6H11BN2O3/c1-12-5-4-9-3-2-6(8-9)7(10)11/h2-3,10-11H,4-5H2,1H3. The van der Waals surface area contributed by atoms with Gasteiger partial charge in [-0.1, -0.05) is 0 Å². The van der Waals surface area contributed by atoms with E-state index in [0.29, 0.717) is 13.2 Å². The van der Waals surface area contributed by atoms with Gasteiger partial charge >= 0.3 is 7.12 Å². The first-order valence-corrected chi connectivity index (χ1v) is 3.62. The Hall–Kier alpha value is -0.845. The van der Waals surface area contributed by atoms with Gasteiger partial charge in [0.2, 0.25) is 0 Å². The Bertz CT molecular complexity index is 238. The molecule has 6 heteroatoms. The van der Waals surface area contributed by atoms with Gasteiger partial charge in [-0.25, -0.2) is 0 Å². The van der Waals surface area contributed by atoms with Gasteiger partial charge < -0.3 is 14.8 Å². The summed E-state index contributed by atoms with van der Waals surface area (Å²) in [6, 6.07) is 1.56. The van der Waals surface area contributed by atoms with E-state index in [1.807, 2.05) is 0 Å². The van der Waals surface area contributed by atoms with E-state index in [9.17, 15) is 0 Å². The van der Waals surface area contributed by atoms with E-state index in [-0.39, 0.29) is 5.59 Å².